The van der Waals surface area contributed by atoms with E-state index in [9.17, 15) is 13.9 Å². The van der Waals surface area contributed by atoms with Crippen molar-refractivity contribution in [1.82, 2.24) is 0 Å². The third kappa shape index (κ3) is 2.92. The lowest BCUT2D eigenvalue weighted by molar-refractivity contribution is 0.288. The van der Waals surface area contributed by atoms with E-state index in [1.165, 1.54) is 12.1 Å². The van der Waals surface area contributed by atoms with E-state index < -0.39 is 5.82 Å². The fourth-order valence-electron chi connectivity index (χ4n) is 4.61. The van der Waals surface area contributed by atoms with Crippen molar-refractivity contribution >= 4 is 0 Å². The van der Waals surface area contributed by atoms with Crippen LogP contribution in [0.2, 0.25) is 0 Å². The number of hydrogen-bond acceptors (Lipinski definition) is 3. The summed E-state index contributed by atoms with van der Waals surface area (Å²) in [5.41, 5.74) is 2.86. The van der Waals surface area contributed by atoms with Crippen molar-refractivity contribution in [2.45, 2.75) is 46.0 Å². The lowest BCUT2D eigenvalue weighted by Crippen LogP contribution is -2.15. The van der Waals surface area contributed by atoms with Gasteiger partial charge in [0.15, 0.2) is 11.6 Å². The highest BCUT2D eigenvalue weighted by Crippen LogP contribution is 2.49. The molecule has 2 heterocycles. The molecule has 3 nitrogen and oxygen atoms in total. The zero-order valence-corrected chi connectivity index (χ0v) is 16.7. The van der Waals surface area contributed by atoms with Crippen LogP contribution < -0.4 is 9.47 Å². The first-order valence-electron chi connectivity index (χ1n) is 9.88. The highest BCUT2D eigenvalue weighted by atomic mass is 19.1. The number of benzene rings is 2. The van der Waals surface area contributed by atoms with E-state index >= 15 is 0 Å². The standard InChI is InChI=1S/C23H26F2O3/c1-11(2)15-9-28-23-14(8-18(25)22(26)21(15)23)7-12(3)16-10-27-19-6-5-17(24)13(4)20(16)19/h5-6,8,11-12,15-16,26H,7,9-10H2,1-4H3. The summed E-state index contributed by atoms with van der Waals surface area (Å²) in [6, 6.07) is 4.49. The predicted octanol–water partition coefficient (Wildman–Crippen LogP) is 5.47. The molecule has 0 spiro atoms. The summed E-state index contributed by atoms with van der Waals surface area (Å²) in [6.07, 6.45) is 0.563. The number of rotatable bonds is 4. The molecule has 2 aromatic rings. The molecule has 4 rings (SSSR count). The second-order valence-corrected chi connectivity index (χ2v) is 8.45. The minimum Gasteiger partial charge on any atom is -0.505 e. The largest absolute Gasteiger partial charge is 0.505 e. The van der Waals surface area contributed by atoms with Crippen molar-refractivity contribution in [3.8, 4) is 17.2 Å². The summed E-state index contributed by atoms with van der Waals surface area (Å²) in [4.78, 5) is 0. The first kappa shape index (κ1) is 19.0. The van der Waals surface area contributed by atoms with Crippen LogP contribution in [0.1, 0.15) is 54.9 Å². The second kappa shape index (κ2) is 6.94. The van der Waals surface area contributed by atoms with Crippen LogP contribution in [-0.4, -0.2) is 18.3 Å². The summed E-state index contributed by atoms with van der Waals surface area (Å²) in [6.45, 7) is 8.86. The molecule has 0 fully saturated rings. The molecule has 0 saturated carbocycles. The Kier molecular flexibility index (Phi) is 4.72. The number of fused-ring (bicyclic) bond motifs is 2. The van der Waals surface area contributed by atoms with Gasteiger partial charge in [0, 0.05) is 23.0 Å². The monoisotopic (exact) mass is 388 g/mol. The minimum absolute atomic E-state index is 0.0216. The highest BCUT2D eigenvalue weighted by Gasteiger charge is 2.36. The average Bonchev–Trinajstić information content (AvgIpc) is 3.27. The summed E-state index contributed by atoms with van der Waals surface area (Å²) < 4.78 is 40.2. The molecule has 0 saturated heterocycles. The van der Waals surface area contributed by atoms with Crippen molar-refractivity contribution in [3.63, 3.8) is 0 Å². The van der Waals surface area contributed by atoms with E-state index in [0.29, 0.717) is 36.5 Å². The van der Waals surface area contributed by atoms with Crippen LogP contribution in [0.5, 0.6) is 17.2 Å². The van der Waals surface area contributed by atoms with Gasteiger partial charge in [-0.2, -0.15) is 0 Å². The predicted molar refractivity (Wildman–Crippen MR) is 103 cm³/mol. The average molecular weight is 388 g/mol. The Morgan fingerprint density at radius 3 is 2.46 bits per heavy atom. The molecule has 0 radical (unpaired) electrons. The van der Waals surface area contributed by atoms with Gasteiger partial charge in [-0.15, -0.1) is 0 Å². The molecule has 28 heavy (non-hydrogen) atoms. The van der Waals surface area contributed by atoms with Crippen LogP contribution in [-0.2, 0) is 6.42 Å². The second-order valence-electron chi connectivity index (χ2n) is 8.45. The number of phenols is 1. The summed E-state index contributed by atoms with van der Waals surface area (Å²) in [5, 5.41) is 10.3. The van der Waals surface area contributed by atoms with E-state index in [1.54, 1.807) is 13.0 Å². The highest BCUT2D eigenvalue weighted by molar-refractivity contribution is 5.55. The molecule has 1 N–H and O–H groups in total. The fraction of sp³-hybridized carbons (Fsp3) is 0.478. The van der Waals surface area contributed by atoms with Crippen LogP contribution in [0.3, 0.4) is 0 Å². The Morgan fingerprint density at radius 2 is 1.75 bits per heavy atom. The lowest BCUT2D eigenvalue weighted by Gasteiger charge is -2.21. The van der Waals surface area contributed by atoms with Gasteiger partial charge < -0.3 is 14.6 Å². The van der Waals surface area contributed by atoms with Crippen LogP contribution in [0.15, 0.2) is 18.2 Å². The van der Waals surface area contributed by atoms with Gasteiger partial charge in [-0.1, -0.05) is 20.8 Å². The van der Waals surface area contributed by atoms with Crippen molar-refractivity contribution in [1.29, 1.82) is 0 Å². The number of aromatic hydroxyl groups is 1. The lowest BCUT2D eigenvalue weighted by atomic mass is 9.81. The molecular formula is C23H26F2O3. The molecule has 2 aliphatic rings. The Balaban J connectivity index is 1.67. The molecule has 0 aliphatic carbocycles. The van der Waals surface area contributed by atoms with Gasteiger partial charge in [0.05, 0.1) is 13.2 Å². The Hall–Kier alpha value is -2.30. The zero-order valence-electron chi connectivity index (χ0n) is 16.7. The van der Waals surface area contributed by atoms with Gasteiger partial charge in [0.25, 0.3) is 0 Å². The molecular weight excluding hydrogens is 362 g/mol. The fourth-order valence-corrected chi connectivity index (χ4v) is 4.61. The Labute approximate surface area is 164 Å². The smallest absolute Gasteiger partial charge is 0.165 e. The van der Waals surface area contributed by atoms with Crippen molar-refractivity contribution in [2.24, 2.45) is 11.8 Å². The van der Waals surface area contributed by atoms with Gasteiger partial charge in [-0.05, 0) is 54.5 Å². The quantitative estimate of drug-likeness (QED) is 0.755. The van der Waals surface area contributed by atoms with E-state index in [-0.39, 0.29) is 35.2 Å². The van der Waals surface area contributed by atoms with E-state index in [4.69, 9.17) is 9.47 Å². The number of ether oxygens (including phenoxy) is 2. The summed E-state index contributed by atoms with van der Waals surface area (Å²) in [7, 11) is 0. The number of phenolic OH excluding ortho intramolecular Hbond substituents is 1. The van der Waals surface area contributed by atoms with Gasteiger partial charge in [-0.25, -0.2) is 8.78 Å². The topological polar surface area (TPSA) is 38.7 Å². The molecule has 150 valence electrons. The van der Waals surface area contributed by atoms with Gasteiger partial charge >= 0.3 is 0 Å². The van der Waals surface area contributed by atoms with Gasteiger partial charge in [0.1, 0.15) is 17.3 Å². The third-order valence-electron chi connectivity index (χ3n) is 6.33. The van der Waals surface area contributed by atoms with Crippen LogP contribution >= 0.6 is 0 Å². The van der Waals surface area contributed by atoms with Crippen molar-refractivity contribution in [2.75, 3.05) is 13.2 Å². The normalized spacial score (nSPS) is 21.2. The maximum Gasteiger partial charge on any atom is 0.165 e. The SMILES string of the molecule is Cc1c(F)ccc2c1C(C(C)Cc1cc(F)c(O)c3c1OCC3C(C)C)CO2. The van der Waals surface area contributed by atoms with Crippen LogP contribution in [0.4, 0.5) is 8.78 Å². The van der Waals surface area contributed by atoms with Crippen LogP contribution in [0.25, 0.3) is 0 Å². The first-order valence-corrected chi connectivity index (χ1v) is 9.88. The minimum atomic E-state index is -0.609. The third-order valence-corrected chi connectivity index (χ3v) is 6.33. The van der Waals surface area contributed by atoms with E-state index in [1.807, 2.05) is 13.8 Å². The summed E-state index contributed by atoms with van der Waals surface area (Å²) >= 11 is 0. The molecule has 2 aliphatic heterocycles. The molecule has 2 aromatic carbocycles. The molecule has 0 amide bonds. The molecule has 0 bridgehead atoms. The number of halogens is 2. The van der Waals surface area contributed by atoms with E-state index in [0.717, 1.165) is 16.9 Å². The molecule has 3 unspecified atom stereocenters. The summed E-state index contributed by atoms with van der Waals surface area (Å²) in [5.74, 6) is 0.538. The maximum absolute atomic E-state index is 14.5. The van der Waals surface area contributed by atoms with Crippen molar-refractivity contribution in [3.05, 3.63) is 52.1 Å². The zero-order chi connectivity index (χ0) is 20.2. The molecule has 5 heteroatoms. The maximum atomic E-state index is 14.5. The van der Waals surface area contributed by atoms with E-state index in [2.05, 4.69) is 6.92 Å². The van der Waals surface area contributed by atoms with Crippen molar-refractivity contribution < 1.29 is 23.4 Å². The first-order chi connectivity index (χ1) is 13.3. The van der Waals surface area contributed by atoms with Gasteiger partial charge in [-0.3, -0.25) is 0 Å². The molecule has 0 aromatic heterocycles. The Morgan fingerprint density at radius 1 is 1.04 bits per heavy atom. The van der Waals surface area contributed by atoms with Gasteiger partial charge in [0.2, 0.25) is 0 Å². The van der Waals surface area contributed by atoms with Crippen LogP contribution in [0, 0.1) is 30.4 Å². The number of hydrogen-bond donors (Lipinski definition) is 1. The Bertz CT molecular complexity index is 923. The molecule has 3 atom stereocenters.